The van der Waals surface area contributed by atoms with Gasteiger partial charge in [0.2, 0.25) is 5.91 Å². The van der Waals surface area contributed by atoms with Crippen molar-refractivity contribution in [1.29, 1.82) is 0 Å². The Morgan fingerprint density at radius 1 is 0.920 bits per heavy atom. The molecule has 25 heavy (non-hydrogen) atoms. The Hall–Kier alpha value is -2.62. The summed E-state index contributed by atoms with van der Waals surface area (Å²) in [5.74, 6) is 0.182. The van der Waals surface area contributed by atoms with Crippen molar-refractivity contribution in [2.45, 2.75) is 19.3 Å². The zero-order chi connectivity index (χ0) is 17.5. The molecule has 2 aromatic rings. The summed E-state index contributed by atoms with van der Waals surface area (Å²) < 4.78 is 0. The van der Waals surface area contributed by atoms with Crippen molar-refractivity contribution in [3.05, 3.63) is 71.8 Å². The molecule has 0 radical (unpaired) electrons. The summed E-state index contributed by atoms with van der Waals surface area (Å²) in [5.41, 5.74) is 1.94. The van der Waals surface area contributed by atoms with E-state index in [0.29, 0.717) is 25.2 Å². The minimum absolute atomic E-state index is 0.00981. The molecular weight excluding hydrogens is 312 g/mol. The first-order valence-corrected chi connectivity index (χ1v) is 8.90. The van der Waals surface area contributed by atoms with Crippen LogP contribution >= 0.6 is 0 Å². The molecule has 0 saturated carbocycles. The topological polar surface area (TPSA) is 49.4 Å². The highest BCUT2D eigenvalue weighted by Gasteiger charge is 2.27. The Labute approximate surface area is 148 Å². The summed E-state index contributed by atoms with van der Waals surface area (Å²) in [6.07, 6.45) is 2.31. The number of likely N-dealkylation sites (tertiary alicyclic amines) is 1. The smallest absolute Gasteiger partial charge is 0.253 e. The predicted octanol–water partition coefficient (Wildman–Crippen LogP) is 2.90. The number of rotatable bonds is 5. The van der Waals surface area contributed by atoms with E-state index in [9.17, 15) is 9.59 Å². The molecule has 0 unspecified atom stereocenters. The van der Waals surface area contributed by atoms with E-state index in [1.54, 1.807) is 0 Å². The molecule has 1 saturated heterocycles. The Kier molecular flexibility index (Phi) is 5.83. The van der Waals surface area contributed by atoms with Crippen LogP contribution in [0.2, 0.25) is 0 Å². The van der Waals surface area contributed by atoms with Gasteiger partial charge in [0.15, 0.2) is 0 Å². The minimum atomic E-state index is 0.00981. The van der Waals surface area contributed by atoms with Crippen LogP contribution < -0.4 is 5.32 Å². The van der Waals surface area contributed by atoms with Gasteiger partial charge in [-0.15, -0.1) is 0 Å². The number of hydrogen-bond donors (Lipinski definition) is 1. The second-order valence-electron chi connectivity index (χ2n) is 6.46. The van der Waals surface area contributed by atoms with E-state index >= 15 is 0 Å². The van der Waals surface area contributed by atoms with Crippen LogP contribution in [0.25, 0.3) is 0 Å². The molecule has 3 rings (SSSR count). The van der Waals surface area contributed by atoms with E-state index < -0.39 is 0 Å². The molecule has 0 spiro atoms. The van der Waals surface area contributed by atoms with Crippen molar-refractivity contribution in [2.75, 3.05) is 19.6 Å². The summed E-state index contributed by atoms with van der Waals surface area (Å²) in [6.45, 7) is 1.95. The third-order valence-corrected chi connectivity index (χ3v) is 4.73. The van der Waals surface area contributed by atoms with Crippen LogP contribution in [-0.4, -0.2) is 36.3 Å². The van der Waals surface area contributed by atoms with Gasteiger partial charge in [-0.05, 0) is 37.0 Å². The number of benzene rings is 2. The molecule has 2 amide bonds. The van der Waals surface area contributed by atoms with Crippen LogP contribution in [0.1, 0.15) is 28.8 Å². The average Bonchev–Trinajstić information content (AvgIpc) is 2.69. The molecule has 1 heterocycles. The second-order valence-corrected chi connectivity index (χ2v) is 6.46. The molecule has 130 valence electrons. The molecule has 2 aromatic carbocycles. The van der Waals surface area contributed by atoms with Gasteiger partial charge in [-0.3, -0.25) is 9.59 Å². The Morgan fingerprint density at radius 3 is 2.16 bits per heavy atom. The van der Waals surface area contributed by atoms with E-state index in [4.69, 9.17) is 0 Å². The lowest BCUT2D eigenvalue weighted by atomic mass is 9.95. The molecule has 1 fully saturated rings. The molecule has 0 bridgehead atoms. The fourth-order valence-electron chi connectivity index (χ4n) is 3.23. The van der Waals surface area contributed by atoms with Gasteiger partial charge < -0.3 is 10.2 Å². The third kappa shape index (κ3) is 4.69. The SMILES string of the molecule is O=C(NCCc1ccccc1)C1CCN(C(=O)c2ccccc2)CC1. The van der Waals surface area contributed by atoms with Crippen molar-refractivity contribution < 1.29 is 9.59 Å². The van der Waals surface area contributed by atoms with Gasteiger partial charge in [-0.1, -0.05) is 48.5 Å². The summed E-state index contributed by atoms with van der Waals surface area (Å²) >= 11 is 0. The summed E-state index contributed by atoms with van der Waals surface area (Å²) in [4.78, 5) is 26.6. The lowest BCUT2D eigenvalue weighted by Crippen LogP contribution is -2.43. The Balaban J connectivity index is 1.42. The molecular formula is C21H24N2O2. The van der Waals surface area contributed by atoms with Crippen LogP contribution in [0.4, 0.5) is 0 Å². The number of nitrogens with one attached hydrogen (secondary N) is 1. The maximum Gasteiger partial charge on any atom is 0.253 e. The van der Waals surface area contributed by atoms with Crippen LogP contribution in [0.3, 0.4) is 0 Å². The Morgan fingerprint density at radius 2 is 1.52 bits per heavy atom. The van der Waals surface area contributed by atoms with Crippen LogP contribution in [0.5, 0.6) is 0 Å². The number of carbonyl (C=O) groups excluding carboxylic acids is 2. The van der Waals surface area contributed by atoms with Crippen LogP contribution in [0, 0.1) is 5.92 Å². The van der Waals surface area contributed by atoms with E-state index in [1.807, 2.05) is 53.4 Å². The lowest BCUT2D eigenvalue weighted by Gasteiger charge is -2.31. The zero-order valence-electron chi connectivity index (χ0n) is 14.4. The van der Waals surface area contributed by atoms with E-state index in [0.717, 1.165) is 19.3 Å². The molecule has 1 N–H and O–H groups in total. The first-order chi connectivity index (χ1) is 12.2. The largest absolute Gasteiger partial charge is 0.356 e. The third-order valence-electron chi connectivity index (χ3n) is 4.73. The lowest BCUT2D eigenvalue weighted by molar-refractivity contribution is -0.126. The van der Waals surface area contributed by atoms with E-state index in [1.165, 1.54) is 5.56 Å². The number of nitrogens with zero attached hydrogens (tertiary/aromatic N) is 1. The maximum absolute atomic E-state index is 12.4. The summed E-state index contributed by atoms with van der Waals surface area (Å²) in [5, 5.41) is 3.03. The monoisotopic (exact) mass is 336 g/mol. The summed E-state index contributed by atoms with van der Waals surface area (Å²) in [7, 11) is 0. The quantitative estimate of drug-likeness (QED) is 0.913. The van der Waals surface area contributed by atoms with Crippen LogP contribution in [0.15, 0.2) is 60.7 Å². The van der Waals surface area contributed by atoms with Crippen molar-refractivity contribution in [1.82, 2.24) is 10.2 Å². The van der Waals surface area contributed by atoms with Gasteiger partial charge in [0, 0.05) is 31.1 Å². The fraction of sp³-hybridized carbons (Fsp3) is 0.333. The molecule has 1 aliphatic rings. The van der Waals surface area contributed by atoms with E-state index in [2.05, 4.69) is 17.4 Å². The standard InChI is InChI=1S/C21H24N2O2/c24-20(22-14-11-17-7-3-1-4-8-17)18-12-15-23(16-13-18)21(25)19-9-5-2-6-10-19/h1-10,18H,11-16H2,(H,22,24). The van der Waals surface area contributed by atoms with Gasteiger partial charge in [0.25, 0.3) is 5.91 Å². The van der Waals surface area contributed by atoms with Crippen molar-refractivity contribution in [3.63, 3.8) is 0 Å². The first kappa shape index (κ1) is 17.2. The highest BCUT2D eigenvalue weighted by molar-refractivity contribution is 5.94. The second kappa shape index (κ2) is 8.47. The molecule has 0 atom stereocenters. The number of hydrogen-bond acceptors (Lipinski definition) is 2. The predicted molar refractivity (Wildman–Crippen MR) is 98.2 cm³/mol. The normalized spacial score (nSPS) is 15.0. The fourth-order valence-corrected chi connectivity index (χ4v) is 3.23. The van der Waals surface area contributed by atoms with Gasteiger partial charge in [0.1, 0.15) is 0 Å². The highest BCUT2D eigenvalue weighted by Crippen LogP contribution is 2.19. The number of piperidine rings is 1. The first-order valence-electron chi connectivity index (χ1n) is 8.90. The zero-order valence-corrected chi connectivity index (χ0v) is 14.4. The molecule has 0 aliphatic carbocycles. The molecule has 1 aliphatic heterocycles. The van der Waals surface area contributed by atoms with Gasteiger partial charge in [0.05, 0.1) is 0 Å². The van der Waals surface area contributed by atoms with Gasteiger partial charge in [-0.25, -0.2) is 0 Å². The maximum atomic E-state index is 12.4. The van der Waals surface area contributed by atoms with Crippen molar-refractivity contribution >= 4 is 11.8 Å². The van der Waals surface area contributed by atoms with Gasteiger partial charge in [-0.2, -0.15) is 0 Å². The average molecular weight is 336 g/mol. The Bertz CT molecular complexity index is 692. The highest BCUT2D eigenvalue weighted by atomic mass is 16.2. The van der Waals surface area contributed by atoms with Gasteiger partial charge >= 0.3 is 0 Å². The number of carbonyl (C=O) groups is 2. The molecule has 0 aromatic heterocycles. The number of amides is 2. The molecule has 4 heteroatoms. The van der Waals surface area contributed by atoms with Crippen molar-refractivity contribution in [3.8, 4) is 0 Å². The van der Waals surface area contributed by atoms with Crippen LogP contribution in [-0.2, 0) is 11.2 Å². The minimum Gasteiger partial charge on any atom is -0.356 e. The summed E-state index contributed by atoms with van der Waals surface area (Å²) in [6, 6.07) is 19.5. The molecule has 4 nitrogen and oxygen atoms in total. The van der Waals surface area contributed by atoms with E-state index in [-0.39, 0.29) is 17.7 Å². The van der Waals surface area contributed by atoms with Crippen molar-refractivity contribution in [2.24, 2.45) is 5.92 Å².